The highest BCUT2D eigenvalue weighted by atomic mass is 16.8. The summed E-state index contributed by atoms with van der Waals surface area (Å²) in [6.45, 7) is -4.54. The van der Waals surface area contributed by atoms with E-state index in [1.165, 1.54) is 13.8 Å². The molecule has 11 aliphatic heterocycles. The predicted octanol–water partition coefficient (Wildman–Crippen LogP) is -22.3. The third kappa shape index (κ3) is 23.7. The molecule has 58 nitrogen and oxygen atoms in total. The second-order valence-corrected chi connectivity index (χ2v) is 33.8. The Morgan fingerprint density at radius 2 is 0.485 bits per heavy atom. The molecule has 33 N–H and O–H groups in total. The lowest BCUT2D eigenvalue weighted by atomic mass is 9.93. The molecule has 4 amide bonds. The third-order valence-corrected chi connectivity index (χ3v) is 24.5. The standard InChI is InChI=1S/C74H124N4O54/c1-16-35(90)45(100)50(105)68(114-16)112-14-29-57(43(98)31(64(111)116-29)75-18(3)86)125-66-33(77-20(5)88)44(99)56(27(12-84)122-66)126-73-55(110)62(59(127-65-32(76-19(4)87)42(97)37(92)22(7-79)117-65)30(124-73)15-113-69-54(109)61(41(96)26(11-83)118-69)130-72-53(108)48(103)39(94)24(9-81)120-72)131-74-63(49(104)40(95)25(10-82)121-74)132-67-34(78-21(6)89)60(129-70-51(106)46(101)36(91)17(2)115-70)58(28(13-85)123-67)128-71-52(107)47(102)38(93)23(8-80)119-71/h16-17,22-74,79-85,90-111H,7-15H2,1-6H3,(H,75,86)(H,76,87)(H,77,88)(H,78,89)/t16-,17-,22+,23+,24+,25+,26+,27+,28+,29+,30+,31+,32+,33+,34+,35+,36+,37+,38-,39+,40+,41+,42+,43+,44+,45+,46+,47-,48-,49-,50-,51?,52+,53-,54-,55-,56+,57+,58+,59+,60+,61-,62+,63-,64?,65-,66-,67-,68+,69-,70-,71-,72+,73-,74+/m0/s1. The summed E-state index contributed by atoms with van der Waals surface area (Å²) in [5.74, 6) is -4.01. The number of hydrogen-bond acceptors (Lipinski definition) is 54. The van der Waals surface area contributed by atoms with Gasteiger partial charge in [-0.05, 0) is 13.8 Å². The highest BCUT2D eigenvalue weighted by Crippen LogP contribution is 2.43. The van der Waals surface area contributed by atoms with Crippen LogP contribution >= 0.6 is 0 Å². The summed E-state index contributed by atoms with van der Waals surface area (Å²) in [5.41, 5.74) is 0. The van der Waals surface area contributed by atoms with E-state index in [0.717, 1.165) is 27.7 Å². The van der Waals surface area contributed by atoms with Gasteiger partial charge in [0.2, 0.25) is 23.6 Å². The molecular weight excluding hydrogens is 1810 g/mol. The van der Waals surface area contributed by atoms with E-state index in [4.69, 9.17) is 99.5 Å². The van der Waals surface area contributed by atoms with Gasteiger partial charge in [0.1, 0.15) is 256 Å². The third-order valence-electron chi connectivity index (χ3n) is 24.5. The van der Waals surface area contributed by atoms with Gasteiger partial charge in [-0.3, -0.25) is 19.2 Å². The summed E-state index contributed by atoms with van der Waals surface area (Å²) < 4.78 is 128. The van der Waals surface area contributed by atoms with E-state index in [1.54, 1.807) is 0 Å². The zero-order chi connectivity index (χ0) is 97.1. The van der Waals surface area contributed by atoms with Gasteiger partial charge >= 0.3 is 0 Å². The second kappa shape index (κ2) is 47.0. The fourth-order valence-electron chi connectivity index (χ4n) is 17.2. The van der Waals surface area contributed by atoms with Crippen molar-refractivity contribution < 1.29 is 267 Å². The molecule has 2 unspecified atom stereocenters. The van der Waals surface area contributed by atoms with Crippen LogP contribution in [0.15, 0.2) is 0 Å². The van der Waals surface area contributed by atoms with Crippen LogP contribution in [0.3, 0.4) is 0 Å². The number of nitrogens with one attached hydrogen (secondary N) is 4. The van der Waals surface area contributed by atoms with Gasteiger partial charge in [-0.25, -0.2) is 0 Å². The Labute approximate surface area is 748 Å². The lowest BCUT2D eigenvalue weighted by Crippen LogP contribution is -2.72. The monoisotopic (exact) mass is 1930 g/mol. The van der Waals surface area contributed by atoms with Gasteiger partial charge in [0.25, 0.3) is 0 Å². The van der Waals surface area contributed by atoms with Crippen molar-refractivity contribution in [3.63, 3.8) is 0 Å². The summed E-state index contributed by atoms with van der Waals surface area (Å²) in [6, 6.07) is -8.13. The van der Waals surface area contributed by atoms with Crippen molar-refractivity contribution in [3.8, 4) is 0 Å². The number of ether oxygens (including phenoxy) is 21. The first-order valence-corrected chi connectivity index (χ1v) is 42.4. The smallest absolute Gasteiger partial charge is 0.217 e. The van der Waals surface area contributed by atoms with Crippen LogP contribution in [0.5, 0.6) is 0 Å². The molecule has 58 heteroatoms. The average molecular weight is 1930 g/mol. The topological polar surface area (TPSA) is 897 Å². The van der Waals surface area contributed by atoms with E-state index in [0.29, 0.717) is 0 Å². The van der Waals surface area contributed by atoms with E-state index in [-0.39, 0.29) is 0 Å². The SMILES string of the molecule is CC(=O)N[C@H]1[C@H](O[C@H]2[C@H](O)[C@@H](NC(C)=O)C(O)O[C@@H]2CO[C@@H]2O[C@@H](C)[C@@H](O)[C@@H](O)[C@@H]2O)O[C@H](CO)[C@@H](O[C@@H]2O[C@H](CO[C@H]3O[C@H](CO)[C@@H](O)[C@H](O[C@H]4O[C@H](CO)[C@@H](O)[C@H](O)[C@@H]4O)[C@@H]3O)[C@@H](O[C@@H]3O[C@H](CO)[C@@H](O)[C@H](O)[C@H]3NC(C)=O)[C@H](O[C@H]3O[C@H](CO)[C@@H](O)[C@H](O)[C@@H]3O[C@@H]3O[C@H](CO)[C@@H](O[C@@H]4O[C@H](CO)[C@H](O)[C@H](O)[C@H]4O)[C@H](O[C@@H]4O[C@@H](C)[C@@H](O)[C@@H](O)C4O)[C@H]3NC(C)=O)[C@@H]2O)[C@@H]1O. The number of hydrogen-bond donors (Lipinski definition) is 33. The van der Waals surface area contributed by atoms with Crippen LogP contribution in [-0.2, 0) is 119 Å². The number of amides is 4. The molecule has 0 aromatic rings. The van der Waals surface area contributed by atoms with Gasteiger partial charge in [0, 0.05) is 27.7 Å². The summed E-state index contributed by atoms with van der Waals surface area (Å²) in [6.07, 6.45) is -110. The van der Waals surface area contributed by atoms with Gasteiger partial charge < -0.3 is 269 Å². The van der Waals surface area contributed by atoms with Crippen molar-refractivity contribution in [1.29, 1.82) is 0 Å². The second-order valence-electron chi connectivity index (χ2n) is 33.8. The number of aliphatic hydroxyl groups is 29. The molecule has 11 rings (SSSR count). The molecular formula is C74H124N4O54. The molecule has 0 aromatic heterocycles. The lowest BCUT2D eigenvalue weighted by Gasteiger charge is -2.53. The number of carbonyl (C=O) groups is 4. The minimum Gasteiger partial charge on any atom is -0.394 e. The molecule has 55 atom stereocenters. The highest BCUT2D eigenvalue weighted by molar-refractivity contribution is 5.74. The van der Waals surface area contributed by atoms with Crippen molar-refractivity contribution in [2.24, 2.45) is 0 Å². The fourth-order valence-corrected chi connectivity index (χ4v) is 17.2. The molecule has 0 aromatic carbocycles. The van der Waals surface area contributed by atoms with Gasteiger partial charge in [-0.2, -0.15) is 0 Å². The first kappa shape index (κ1) is 108. The summed E-state index contributed by atoms with van der Waals surface area (Å²) >= 11 is 0. The lowest BCUT2D eigenvalue weighted by molar-refractivity contribution is -0.411. The fraction of sp³-hybridized carbons (Fsp3) is 0.946. The molecule has 132 heavy (non-hydrogen) atoms. The van der Waals surface area contributed by atoms with E-state index < -0.39 is 421 Å². The Morgan fingerprint density at radius 3 is 0.977 bits per heavy atom. The molecule has 0 radical (unpaired) electrons. The van der Waals surface area contributed by atoms with Crippen molar-refractivity contribution in [2.75, 3.05) is 59.5 Å². The summed E-state index contributed by atoms with van der Waals surface area (Å²) in [7, 11) is 0. The molecule has 0 spiro atoms. The first-order valence-electron chi connectivity index (χ1n) is 42.4. The van der Waals surface area contributed by atoms with Gasteiger partial charge in [-0.1, -0.05) is 0 Å². The minimum absolute atomic E-state index is 0.875. The zero-order valence-corrected chi connectivity index (χ0v) is 71.3. The van der Waals surface area contributed by atoms with Crippen LogP contribution in [0.2, 0.25) is 0 Å². The maximum absolute atomic E-state index is 13.7. The quantitative estimate of drug-likeness (QED) is 0.0290. The van der Waals surface area contributed by atoms with E-state index >= 15 is 0 Å². The highest BCUT2D eigenvalue weighted by Gasteiger charge is 2.63. The number of aliphatic hydroxyl groups excluding tert-OH is 29. The minimum atomic E-state index is -2.82. The van der Waals surface area contributed by atoms with E-state index in [1.807, 2.05) is 0 Å². The molecule has 0 bridgehead atoms. The van der Waals surface area contributed by atoms with Crippen LogP contribution in [0.1, 0.15) is 41.5 Å². The number of rotatable bonds is 33. The normalized spacial score (nSPS) is 50.4. The Kier molecular flexibility index (Phi) is 38.5. The van der Waals surface area contributed by atoms with E-state index in [2.05, 4.69) is 21.3 Å². The Hall–Kier alpha value is -4.12. The molecule has 0 saturated carbocycles. The largest absolute Gasteiger partial charge is 0.394 e. The van der Waals surface area contributed by atoms with Crippen LogP contribution < -0.4 is 21.3 Å². The Morgan fingerprint density at radius 1 is 0.212 bits per heavy atom. The maximum Gasteiger partial charge on any atom is 0.217 e. The Balaban J connectivity index is 1.02. The Bertz CT molecular complexity index is 3610. The van der Waals surface area contributed by atoms with Gasteiger partial charge in [0.15, 0.2) is 69.2 Å². The van der Waals surface area contributed by atoms with Crippen molar-refractivity contribution in [1.82, 2.24) is 21.3 Å². The van der Waals surface area contributed by atoms with Crippen LogP contribution in [0.25, 0.3) is 0 Å². The maximum atomic E-state index is 13.7. The molecule has 11 aliphatic rings. The van der Waals surface area contributed by atoms with Crippen molar-refractivity contribution >= 4 is 23.6 Å². The van der Waals surface area contributed by atoms with Crippen molar-refractivity contribution in [3.05, 3.63) is 0 Å². The van der Waals surface area contributed by atoms with Gasteiger partial charge in [-0.15, -0.1) is 0 Å². The molecule has 0 aliphatic carbocycles. The van der Waals surface area contributed by atoms with Crippen LogP contribution in [0, 0.1) is 0 Å². The summed E-state index contributed by atoms with van der Waals surface area (Å²) in [4.78, 5) is 53.0. The average Bonchev–Trinajstić information content (AvgIpc) is 0.754. The molecule has 11 heterocycles. The van der Waals surface area contributed by atoms with Crippen LogP contribution in [0.4, 0.5) is 0 Å². The number of carbonyl (C=O) groups excluding carboxylic acids is 4. The molecule has 764 valence electrons. The zero-order valence-electron chi connectivity index (χ0n) is 71.3. The van der Waals surface area contributed by atoms with Gasteiger partial charge in [0.05, 0.1) is 71.7 Å². The molecule has 11 fully saturated rings. The molecule has 11 saturated heterocycles. The van der Waals surface area contributed by atoms with E-state index in [9.17, 15) is 167 Å². The first-order chi connectivity index (χ1) is 62.4. The van der Waals surface area contributed by atoms with Crippen LogP contribution in [-0.4, -0.2) is 569 Å². The van der Waals surface area contributed by atoms with Crippen molar-refractivity contribution in [2.45, 2.75) is 379 Å². The summed E-state index contributed by atoms with van der Waals surface area (Å²) in [5, 5.41) is 337. The predicted molar refractivity (Wildman–Crippen MR) is 406 cm³/mol.